The zero-order valence-electron chi connectivity index (χ0n) is 37.9. The summed E-state index contributed by atoms with van der Waals surface area (Å²) in [5.41, 5.74) is 0. The van der Waals surface area contributed by atoms with E-state index >= 15 is 0 Å². The Hall–Kier alpha value is -0.760. The summed E-state index contributed by atoms with van der Waals surface area (Å²) in [5.74, 6) is -0.174. The lowest BCUT2D eigenvalue weighted by molar-refractivity contribution is -0.870. The molecule has 0 aromatic rings. The lowest BCUT2D eigenvalue weighted by atomic mass is 10.0. The molecule has 3 atom stereocenters. The fourth-order valence-electron chi connectivity index (χ4n) is 7.16. The largest absolute Gasteiger partial charge is 0.472 e. The predicted octanol–water partition coefficient (Wildman–Crippen LogP) is 13.5. The van der Waals surface area contributed by atoms with Crippen molar-refractivity contribution in [1.29, 1.82) is 0 Å². The second-order valence-electron chi connectivity index (χ2n) is 17.8. The van der Waals surface area contributed by atoms with Gasteiger partial charge in [0.05, 0.1) is 39.9 Å². The number of rotatable bonds is 44. The summed E-state index contributed by atoms with van der Waals surface area (Å²) in [6, 6.07) is -0.839. The summed E-state index contributed by atoms with van der Waals surface area (Å²) >= 11 is 0. The number of nitrogens with zero attached hydrogens (tertiary/aromatic N) is 1. The van der Waals surface area contributed by atoms with Crippen molar-refractivity contribution < 1.29 is 32.9 Å². The average Bonchev–Trinajstić information content (AvgIpc) is 3.15. The van der Waals surface area contributed by atoms with Crippen molar-refractivity contribution in [2.45, 2.75) is 244 Å². The van der Waals surface area contributed by atoms with Crippen molar-refractivity contribution in [3.63, 3.8) is 0 Å². The molecule has 3 N–H and O–H groups in total. The van der Waals surface area contributed by atoms with Crippen molar-refractivity contribution >= 4 is 13.7 Å². The smallest absolute Gasteiger partial charge is 0.387 e. The Morgan fingerprint density at radius 1 is 0.589 bits per heavy atom. The van der Waals surface area contributed by atoms with Crippen molar-refractivity contribution in [3.8, 4) is 0 Å². The monoisotopic (exact) mass is 816 g/mol. The lowest BCUT2D eigenvalue weighted by Crippen LogP contribution is -2.45. The van der Waals surface area contributed by atoms with Gasteiger partial charge in [0.2, 0.25) is 5.91 Å². The van der Waals surface area contributed by atoms with Gasteiger partial charge >= 0.3 is 7.82 Å². The minimum Gasteiger partial charge on any atom is -0.387 e. The molecular formula is C47H96N2O6P+. The van der Waals surface area contributed by atoms with Crippen molar-refractivity contribution in [2.24, 2.45) is 0 Å². The number of nitrogens with one attached hydrogen (secondary N) is 1. The van der Waals surface area contributed by atoms with Crippen LogP contribution in [0.3, 0.4) is 0 Å². The number of unbranched alkanes of at least 4 members (excludes halogenated alkanes) is 31. The van der Waals surface area contributed by atoms with Gasteiger partial charge < -0.3 is 19.8 Å². The van der Waals surface area contributed by atoms with E-state index in [-0.39, 0.29) is 19.1 Å². The molecule has 0 rings (SSSR count). The van der Waals surface area contributed by atoms with E-state index in [9.17, 15) is 19.4 Å². The van der Waals surface area contributed by atoms with Crippen LogP contribution < -0.4 is 5.32 Å². The Labute approximate surface area is 348 Å². The van der Waals surface area contributed by atoms with Gasteiger partial charge in [-0.1, -0.05) is 219 Å². The summed E-state index contributed by atoms with van der Waals surface area (Å²) in [6.45, 7) is 4.82. The highest BCUT2D eigenvalue weighted by molar-refractivity contribution is 7.47. The van der Waals surface area contributed by atoms with Crippen LogP contribution >= 0.6 is 7.82 Å². The number of quaternary nitrogens is 1. The van der Waals surface area contributed by atoms with Crippen molar-refractivity contribution in [1.82, 2.24) is 5.32 Å². The van der Waals surface area contributed by atoms with Gasteiger partial charge in [-0.05, 0) is 19.3 Å². The molecule has 0 aliphatic heterocycles. The highest BCUT2D eigenvalue weighted by Crippen LogP contribution is 2.43. The van der Waals surface area contributed by atoms with Crippen LogP contribution in [0.2, 0.25) is 0 Å². The standard InChI is InChI=1S/C47H95N2O6P/c1-6-8-10-12-14-16-18-19-20-21-22-23-24-25-26-27-28-29-31-33-35-37-39-41-47(51)48-45(44-55-56(52,53)54-43-42-49(3,4)5)46(50)40-38-36-34-32-30-17-15-13-11-9-7-2/h38,40,45-46,50H,6-37,39,41-44H2,1-5H3,(H-,48,51,52,53)/p+1/b40-38+. The van der Waals surface area contributed by atoms with E-state index in [1.807, 2.05) is 27.2 Å². The number of allylic oxidation sites excluding steroid dienone is 1. The van der Waals surface area contributed by atoms with E-state index in [2.05, 4.69) is 19.2 Å². The first-order chi connectivity index (χ1) is 27.0. The summed E-state index contributed by atoms with van der Waals surface area (Å²) in [6.07, 6.45) is 45.8. The molecule has 0 bridgehead atoms. The SMILES string of the molecule is CCCCCCCCCCC/C=C/C(O)C(COP(=O)(O)OCC[N+](C)(C)C)NC(=O)CCCCCCCCCCCCCCCCCCCCCCCCC. The minimum absolute atomic E-state index is 0.0645. The van der Waals surface area contributed by atoms with Crippen LogP contribution in [0, 0.1) is 0 Å². The zero-order valence-corrected chi connectivity index (χ0v) is 38.8. The molecule has 0 aromatic carbocycles. The predicted molar refractivity (Wildman–Crippen MR) is 240 cm³/mol. The molecule has 0 spiro atoms. The molecule has 56 heavy (non-hydrogen) atoms. The van der Waals surface area contributed by atoms with Crippen molar-refractivity contribution in [2.75, 3.05) is 40.9 Å². The Morgan fingerprint density at radius 2 is 0.946 bits per heavy atom. The maximum absolute atomic E-state index is 12.9. The number of carbonyl (C=O) groups excluding carboxylic acids is 1. The van der Waals surface area contributed by atoms with Crippen LogP contribution in [0.25, 0.3) is 0 Å². The first-order valence-corrected chi connectivity index (χ1v) is 25.6. The molecule has 0 saturated heterocycles. The fourth-order valence-corrected chi connectivity index (χ4v) is 7.90. The van der Waals surface area contributed by atoms with E-state index in [1.165, 1.54) is 173 Å². The van der Waals surface area contributed by atoms with E-state index < -0.39 is 20.0 Å². The maximum Gasteiger partial charge on any atom is 0.472 e. The quantitative estimate of drug-likeness (QED) is 0.0245. The van der Waals surface area contributed by atoms with Crippen LogP contribution in [-0.4, -0.2) is 73.4 Å². The fraction of sp³-hybridized carbons (Fsp3) is 0.936. The number of phosphoric acid groups is 1. The van der Waals surface area contributed by atoms with E-state index in [0.29, 0.717) is 17.4 Å². The van der Waals surface area contributed by atoms with Crippen LogP contribution in [-0.2, 0) is 18.4 Å². The molecule has 0 aliphatic rings. The topological polar surface area (TPSA) is 105 Å². The number of likely N-dealkylation sites (N-methyl/N-ethyl adjacent to an activating group) is 1. The van der Waals surface area contributed by atoms with Gasteiger partial charge in [-0.25, -0.2) is 4.57 Å². The van der Waals surface area contributed by atoms with Gasteiger partial charge in [-0.2, -0.15) is 0 Å². The number of aliphatic hydroxyl groups excluding tert-OH is 1. The molecule has 0 radical (unpaired) electrons. The summed E-state index contributed by atoms with van der Waals surface area (Å²) in [5, 5.41) is 13.8. The molecule has 8 nitrogen and oxygen atoms in total. The van der Waals surface area contributed by atoms with Gasteiger partial charge in [0.1, 0.15) is 13.2 Å². The third-order valence-electron chi connectivity index (χ3n) is 11.0. The van der Waals surface area contributed by atoms with Crippen LogP contribution in [0.15, 0.2) is 12.2 Å². The molecular weight excluding hydrogens is 719 g/mol. The average molecular weight is 816 g/mol. The normalized spacial score (nSPS) is 14.3. The highest BCUT2D eigenvalue weighted by Gasteiger charge is 2.27. The van der Waals surface area contributed by atoms with Crippen LogP contribution in [0.5, 0.6) is 0 Å². The number of aliphatic hydroxyl groups is 1. The Bertz CT molecular complexity index is 927. The number of amides is 1. The second kappa shape index (κ2) is 39.7. The molecule has 3 unspecified atom stereocenters. The molecule has 9 heteroatoms. The van der Waals surface area contributed by atoms with Gasteiger partial charge in [0.25, 0.3) is 0 Å². The minimum atomic E-state index is -4.33. The lowest BCUT2D eigenvalue weighted by Gasteiger charge is -2.25. The Kier molecular flexibility index (Phi) is 39.1. The zero-order chi connectivity index (χ0) is 41.4. The van der Waals surface area contributed by atoms with Gasteiger partial charge in [0.15, 0.2) is 0 Å². The van der Waals surface area contributed by atoms with E-state index in [4.69, 9.17) is 9.05 Å². The molecule has 0 saturated carbocycles. The molecule has 0 heterocycles. The first kappa shape index (κ1) is 55.2. The molecule has 334 valence electrons. The summed E-state index contributed by atoms with van der Waals surface area (Å²) < 4.78 is 23.6. The Balaban J connectivity index is 4.18. The van der Waals surface area contributed by atoms with Crippen LogP contribution in [0.1, 0.15) is 232 Å². The van der Waals surface area contributed by atoms with Gasteiger partial charge in [0, 0.05) is 6.42 Å². The maximum atomic E-state index is 12.9. The first-order valence-electron chi connectivity index (χ1n) is 24.1. The number of phosphoric ester groups is 1. The molecule has 0 aliphatic carbocycles. The highest BCUT2D eigenvalue weighted by atomic mass is 31.2. The molecule has 1 amide bonds. The van der Waals surface area contributed by atoms with Gasteiger partial charge in [-0.3, -0.25) is 13.8 Å². The number of carbonyl (C=O) groups is 1. The third-order valence-corrected chi connectivity index (χ3v) is 12.0. The Morgan fingerprint density at radius 3 is 1.32 bits per heavy atom. The summed E-state index contributed by atoms with van der Waals surface area (Å²) in [7, 11) is 1.58. The third kappa shape index (κ3) is 41.4. The number of hydrogen-bond donors (Lipinski definition) is 3. The van der Waals surface area contributed by atoms with Crippen molar-refractivity contribution in [3.05, 3.63) is 12.2 Å². The number of hydrogen-bond acceptors (Lipinski definition) is 5. The molecule has 0 aromatic heterocycles. The van der Waals surface area contributed by atoms with E-state index in [1.54, 1.807) is 6.08 Å². The van der Waals surface area contributed by atoms with Crippen LogP contribution in [0.4, 0.5) is 0 Å². The van der Waals surface area contributed by atoms with E-state index in [0.717, 1.165) is 38.5 Å². The van der Waals surface area contributed by atoms with Gasteiger partial charge in [-0.15, -0.1) is 0 Å². The summed E-state index contributed by atoms with van der Waals surface area (Å²) in [4.78, 5) is 23.1. The second-order valence-corrected chi connectivity index (χ2v) is 19.3. The molecule has 0 fully saturated rings.